The molecule has 0 spiro atoms. The Hall–Kier alpha value is -4.27. The summed E-state index contributed by atoms with van der Waals surface area (Å²) < 4.78 is 27.7. The fraction of sp³-hybridized carbons (Fsp3) is 0.387. The number of carbonyl (C=O) groups excluding carboxylic acids is 3. The number of para-hydroxylation sites is 2. The molecule has 1 aliphatic carbocycles. The summed E-state index contributed by atoms with van der Waals surface area (Å²) in [6, 6.07) is 12.6. The van der Waals surface area contributed by atoms with Crippen molar-refractivity contribution in [3.63, 3.8) is 0 Å². The van der Waals surface area contributed by atoms with E-state index in [2.05, 4.69) is 5.32 Å². The van der Waals surface area contributed by atoms with E-state index in [9.17, 15) is 14.4 Å². The number of hydrogen-bond donors (Lipinski definition) is 1. The Morgan fingerprint density at radius 2 is 1.52 bits per heavy atom. The number of nitrogens with one attached hydrogen (secondary N) is 1. The third-order valence-corrected chi connectivity index (χ3v) is 7.34. The summed E-state index contributed by atoms with van der Waals surface area (Å²) in [4.78, 5) is 41.4. The van der Waals surface area contributed by atoms with Crippen molar-refractivity contribution >= 4 is 17.7 Å². The van der Waals surface area contributed by atoms with Gasteiger partial charge in [-0.05, 0) is 44.9 Å². The van der Waals surface area contributed by atoms with Gasteiger partial charge in [-0.2, -0.15) is 0 Å². The molecule has 4 rings (SSSR count). The van der Waals surface area contributed by atoms with Crippen LogP contribution in [0, 0.1) is 5.92 Å². The zero-order chi connectivity index (χ0) is 29.0. The number of esters is 2. The van der Waals surface area contributed by atoms with Gasteiger partial charge < -0.3 is 29.0 Å². The van der Waals surface area contributed by atoms with Gasteiger partial charge in [0.25, 0.3) is 0 Å². The molecular formula is C31H35NO8. The first-order valence-corrected chi connectivity index (χ1v) is 13.2. The predicted octanol–water partition coefficient (Wildman–Crippen LogP) is 4.43. The molecule has 2 aliphatic rings. The van der Waals surface area contributed by atoms with Crippen LogP contribution >= 0.6 is 0 Å². The van der Waals surface area contributed by atoms with E-state index < -0.39 is 35.5 Å². The van der Waals surface area contributed by atoms with Crippen LogP contribution in [0.15, 0.2) is 65.0 Å². The number of ether oxygens (including phenoxy) is 5. The summed E-state index contributed by atoms with van der Waals surface area (Å²) in [5.74, 6) is -2.83. The summed E-state index contributed by atoms with van der Waals surface area (Å²) in [7, 11) is 4.57. The van der Waals surface area contributed by atoms with Crippen LogP contribution in [0.25, 0.3) is 0 Å². The van der Waals surface area contributed by atoms with Crippen LogP contribution in [0.3, 0.4) is 0 Å². The zero-order valence-electron chi connectivity index (χ0n) is 23.7. The standard InChI is InChI=1S/C31H35NO8/c1-7-39-30(34)24-17(3)32-21-16-20(18-12-9-10-14-22(18)36-4)26(31(35)40-8-2)28(33)27(21)25(24)19-13-11-15-23(37-5)29(19)38-6/h9-15,20,25-26,32H,7-8,16H2,1-6H3/t20-,25+,26-/m0/s1. The van der Waals surface area contributed by atoms with Gasteiger partial charge in [0.2, 0.25) is 0 Å². The van der Waals surface area contributed by atoms with Gasteiger partial charge >= 0.3 is 11.9 Å². The maximum absolute atomic E-state index is 14.5. The van der Waals surface area contributed by atoms with E-state index in [1.165, 1.54) is 14.2 Å². The minimum absolute atomic E-state index is 0.117. The lowest BCUT2D eigenvalue weighted by Gasteiger charge is -2.40. The minimum atomic E-state index is -1.15. The highest BCUT2D eigenvalue weighted by atomic mass is 16.5. The fourth-order valence-corrected chi connectivity index (χ4v) is 5.73. The van der Waals surface area contributed by atoms with Crippen molar-refractivity contribution in [2.24, 2.45) is 5.92 Å². The molecule has 0 bridgehead atoms. The van der Waals surface area contributed by atoms with Gasteiger partial charge in [-0.15, -0.1) is 0 Å². The summed E-state index contributed by atoms with van der Waals surface area (Å²) in [5.41, 5.74) is 2.99. The summed E-state index contributed by atoms with van der Waals surface area (Å²) in [6.45, 7) is 5.46. The molecule has 1 aliphatic heterocycles. The average molecular weight is 550 g/mol. The van der Waals surface area contributed by atoms with E-state index in [0.717, 1.165) is 5.56 Å². The van der Waals surface area contributed by atoms with E-state index >= 15 is 0 Å². The van der Waals surface area contributed by atoms with E-state index in [4.69, 9.17) is 23.7 Å². The molecule has 0 saturated carbocycles. The highest BCUT2D eigenvalue weighted by molar-refractivity contribution is 6.13. The van der Waals surface area contributed by atoms with E-state index in [-0.39, 0.29) is 18.8 Å². The van der Waals surface area contributed by atoms with Crippen molar-refractivity contribution < 1.29 is 38.1 Å². The maximum atomic E-state index is 14.5. The van der Waals surface area contributed by atoms with Crippen molar-refractivity contribution in [1.29, 1.82) is 0 Å². The molecule has 212 valence electrons. The second kappa shape index (κ2) is 12.3. The lowest BCUT2D eigenvalue weighted by Crippen LogP contribution is -2.43. The summed E-state index contributed by atoms with van der Waals surface area (Å²) >= 11 is 0. The van der Waals surface area contributed by atoms with Crippen molar-refractivity contribution in [3.05, 3.63) is 76.1 Å². The van der Waals surface area contributed by atoms with Crippen molar-refractivity contribution in [1.82, 2.24) is 5.32 Å². The van der Waals surface area contributed by atoms with E-state index in [1.54, 1.807) is 52.1 Å². The Morgan fingerprint density at radius 3 is 2.17 bits per heavy atom. The summed E-state index contributed by atoms with van der Waals surface area (Å²) in [6.07, 6.45) is 0.307. The fourth-order valence-electron chi connectivity index (χ4n) is 5.73. The first-order chi connectivity index (χ1) is 19.3. The molecule has 3 atom stereocenters. The van der Waals surface area contributed by atoms with Gasteiger partial charge in [0.1, 0.15) is 11.7 Å². The average Bonchev–Trinajstić information content (AvgIpc) is 2.95. The molecule has 0 saturated heterocycles. The highest BCUT2D eigenvalue weighted by Gasteiger charge is 2.50. The van der Waals surface area contributed by atoms with Gasteiger partial charge in [-0.3, -0.25) is 9.59 Å². The molecule has 1 N–H and O–H groups in total. The topological polar surface area (TPSA) is 109 Å². The third kappa shape index (κ3) is 5.03. The Bertz CT molecular complexity index is 1380. The number of rotatable bonds is 9. The van der Waals surface area contributed by atoms with Crippen LogP contribution in [0.5, 0.6) is 17.2 Å². The normalized spacial score (nSPS) is 20.4. The van der Waals surface area contributed by atoms with Gasteiger partial charge in [0.05, 0.1) is 46.0 Å². The molecular weight excluding hydrogens is 514 g/mol. The van der Waals surface area contributed by atoms with E-state index in [0.29, 0.717) is 46.2 Å². The molecule has 1 heterocycles. The number of carbonyl (C=O) groups is 3. The number of dihydropyridines is 1. The van der Waals surface area contributed by atoms with E-state index in [1.807, 2.05) is 18.2 Å². The molecule has 0 radical (unpaired) electrons. The number of hydrogen-bond acceptors (Lipinski definition) is 9. The van der Waals surface area contributed by atoms with Crippen molar-refractivity contribution in [2.75, 3.05) is 34.5 Å². The Balaban J connectivity index is 1.98. The van der Waals surface area contributed by atoms with Crippen molar-refractivity contribution in [2.45, 2.75) is 39.0 Å². The predicted molar refractivity (Wildman–Crippen MR) is 147 cm³/mol. The van der Waals surface area contributed by atoms with Crippen LogP contribution in [0.2, 0.25) is 0 Å². The monoisotopic (exact) mass is 549 g/mol. The van der Waals surface area contributed by atoms with Crippen LogP contribution in [0.1, 0.15) is 50.2 Å². The highest BCUT2D eigenvalue weighted by Crippen LogP contribution is 2.51. The molecule has 0 amide bonds. The maximum Gasteiger partial charge on any atom is 0.336 e. The van der Waals surface area contributed by atoms with Crippen LogP contribution < -0.4 is 19.5 Å². The SMILES string of the molecule is CCOC(=O)C1=C(C)NC2=C(C(=O)[C@@H](C(=O)OCC)[C@H](c3ccccc3OC)C2)[C@@H]1c1cccc(OC)c1OC. The second-order valence-electron chi connectivity index (χ2n) is 9.44. The number of allylic oxidation sites excluding steroid dienone is 3. The molecule has 2 aromatic carbocycles. The largest absolute Gasteiger partial charge is 0.496 e. The quantitative estimate of drug-likeness (QED) is 0.359. The zero-order valence-corrected chi connectivity index (χ0v) is 23.7. The Labute approximate surface area is 234 Å². The lowest BCUT2D eigenvalue weighted by atomic mass is 9.67. The van der Waals surface area contributed by atoms with Gasteiger partial charge in [0.15, 0.2) is 17.3 Å². The van der Waals surface area contributed by atoms with Crippen LogP contribution in [-0.2, 0) is 23.9 Å². The minimum Gasteiger partial charge on any atom is -0.496 e. The molecule has 9 nitrogen and oxygen atoms in total. The molecule has 2 aromatic rings. The van der Waals surface area contributed by atoms with Gasteiger partial charge in [-0.1, -0.05) is 30.3 Å². The van der Waals surface area contributed by atoms with Crippen LogP contribution in [0.4, 0.5) is 0 Å². The Morgan fingerprint density at radius 1 is 0.875 bits per heavy atom. The molecule has 40 heavy (non-hydrogen) atoms. The third-order valence-electron chi connectivity index (χ3n) is 7.34. The molecule has 0 unspecified atom stereocenters. The van der Waals surface area contributed by atoms with Crippen molar-refractivity contribution in [3.8, 4) is 17.2 Å². The number of methoxy groups -OCH3 is 3. The molecule has 9 heteroatoms. The molecule has 0 aromatic heterocycles. The smallest absolute Gasteiger partial charge is 0.336 e. The number of Topliss-reactive ketones (excluding diaryl/α,β-unsaturated/α-hetero) is 1. The van der Waals surface area contributed by atoms with Crippen LogP contribution in [-0.4, -0.2) is 52.3 Å². The summed E-state index contributed by atoms with van der Waals surface area (Å²) in [5, 5.41) is 3.31. The molecule has 0 fully saturated rings. The number of ketones is 1. The number of benzene rings is 2. The first kappa shape index (κ1) is 28.7. The lowest BCUT2D eigenvalue weighted by molar-refractivity contribution is -0.152. The Kier molecular flexibility index (Phi) is 8.82. The second-order valence-corrected chi connectivity index (χ2v) is 9.44. The first-order valence-electron chi connectivity index (χ1n) is 13.2. The van der Waals surface area contributed by atoms with Gasteiger partial charge in [0, 0.05) is 28.4 Å². The van der Waals surface area contributed by atoms with Gasteiger partial charge in [-0.25, -0.2) is 4.79 Å².